The predicted octanol–water partition coefficient (Wildman–Crippen LogP) is -1.25. The first-order valence-corrected chi connectivity index (χ1v) is 9.54. The molecule has 11 heteroatoms. The first-order valence-electron chi connectivity index (χ1n) is 8.18. The summed E-state index contributed by atoms with van der Waals surface area (Å²) >= 11 is 0. The molecule has 0 unspecified atom stereocenters. The number of hydrogen-bond donors (Lipinski definition) is 3. The number of hydrogen-bond acceptors (Lipinski definition) is 9. The number of aliphatic hydroxyl groups is 2. The van der Waals surface area contributed by atoms with E-state index in [1.807, 2.05) is 0 Å². The van der Waals surface area contributed by atoms with E-state index in [9.17, 15) is 23.7 Å². The van der Waals surface area contributed by atoms with Crippen molar-refractivity contribution in [1.29, 1.82) is 0 Å². The topological polar surface area (TPSA) is 158 Å². The third-order valence-corrected chi connectivity index (χ3v) is 4.73. The van der Waals surface area contributed by atoms with Crippen molar-refractivity contribution in [3.8, 4) is 0 Å². The standard InChI is InChI=1S/C14H25NO9S/c1-8(17)15-11-12(18)13(24-25(19,20)21)10(7-16)23-14(11)22-9-5-3-2-4-6-9/h9-14,16,18H,2-7H2,1H3,(H,15,17)(H,19,20,21)/p-1/t10-,11-,12-,13+,14-/m1/s1. The molecular formula is C14H24NO9S-. The average molecular weight is 382 g/mol. The zero-order valence-electron chi connectivity index (χ0n) is 13.9. The van der Waals surface area contributed by atoms with Gasteiger partial charge in [0.25, 0.3) is 0 Å². The molecule has 1 aliphatic carbocycles. The Balaban J connectivity index is 2.21. The van der Waals surface area contributed by atoms with Crippen LogP contribution in [0.15, 0.2) is 4.99 Å². The van der Waals surface area contributed by atoms with Crippen LogP contribution in [0.3, 0.4) is 0 Å². The minimum Gasteiger partial charge on any atom is -0.862 e. The lowest BCUT2D eigenvalue weighted by Crippen LogP contribution is -2.60. The summed E-state index contributed by atoms with van der Waals surface area (Å²) in [6.45, 7) is 0.482. The molecule has 0 aromatic carbocycles. The Morgan fingerprint density at radius 1 is 1.32 bits per heavy atom. The van der Waals surface area contributed by atoms with E-state index < -0.39 is 53.5 Å². The van der Waals surface area contributed by atoms with Crippen molar-refractivity contribution >= 4 is 16.3 Å². The van der Waals surface area contributed by atoms with Crippen LogP contribution < -0.4 is 5.11 Å². The van der Waals surface area contributed by atoms with Crippen molar-refractivity contribution in [3.05, 3.63) is 0 Å². The summed E-state index contributed by atoms with van der Waals surface area (Å²) in [5.74, 6) is -0.613. The van der Waals surface area contributed by atoms with E-state index in [-0.39, 0.29) is 6.10 Å². The van der Waals surface area contributed by atoms with E-state index in [1.165, 1.54) is 6.92 Å². The van der Waals surface area contributed by atoms with Gasteiger partial charge in [-0.2, -0.15) is 8.42 Å². The van der Waals surface area contributed by atoms with Gasteiger partial charge in [0.1, 0.15) is 24.4 Å². The van der Waals surface area contributed by atoms with Crippen molar-refractivity contribution in [2.75, 3.05) is 6.61 Å². The van der Waals surface area contributed by atoms with Crippen LogP contribution in [0, 0.1) is 0 Å². The minimum absolute atomic E-state index is 0.144. The van der Waals surface area contributed by atoms with Crippen LogP contribution in [0.2, 0.25) is 0 Å². The fraction of sp³-hybridized carbons (Fsp3) is 0.929. The molecule has 25 heavy (non-hydrogen) atoms. The molecule has 0 bridgehead atoms. The zero-order valence-corrected chi connectivity index (χ0v) is 14.7. The zero-order chi connectivity index (χ0) is 18.6. The summed E-state index contributed by atoms with van der Waals surface area (Å²) in [5.41, 5.74) is 0. The van der Waals surface area contributed by atoms with Crippen molar-refractivity contribution < 1.29 is 41.9 Å². The van der Waals surface area contributed by atoms with Gasteiger partial charge in [0.2, 0.25) is 0 Å². The molecule has 0 spiro atoms. The molecule has 10 nitrogen and oxygen atoms in total. The van der Waals surface area contributed by atoms with Gasteiger partial charge in [-0.1, -0.05) is 19.3 Å². The molecule has 1 saturated heterocycles. The van der Waals surface area contributed by atoms with Gasteiger partial charge in [-0.3, -0.25) is 9.55 Å². The Labute approximate surface area is 146 Å². The maximum atomic E-state index is 11.4. The fourth-order valence-corrected chi connectivity index (χ4v) is 3.68. The maximum absolute atomic E-state index is 11.4. The Bertz CT molecular complexity index is 557. The number of nitrogens with zero attached hydrogens (tertiary/aromatic N) is 1. The Morgan fingerprint density at radius 3 is 2.48 bits per heavy atom. The van der Waals surface area contributed by atoms with Crippen LogP contribution in [-0.4, -0.2) is 72.4 Å². The lowest BCUT2D eigenvalue weighted by atomic mass is 9.95. The highest BCUT2D eigenvalue weighted by Gasteiger charge is 2.48. The van der Waals surface area contributed by atoms with Crippen molar-refractivity contribution in [2.45, 2.75) is 75.8 Å². The molecule has 0 aromatic rings. The second-order valence-electron chi connectivity index (χ2n) is 6.24. The third-order valence-electron chi connectivity index (χ3n) is 4.26. The molecule has 0 amide bonds. The first-order chi connectivity index (χ1) is 11.7. The second kappa shape index (κ2) is 8.71. The SMILES string of the molecule is CC([O-])=N[C@H]1[C@H](OC2CCCCC2)O[C@H](CO)[C@H](OS(=O)(=O)O)[C@@H]1O. The lowest BCUT2D eigenvalue weighted by Gasteiger charge is -2.43. The molecule has 1 heterocycles. The van der Waals surface area contributed by atoms with Crippen LogP contribution in [0.5, 0.6) is 0 Å². The molecule has 1 saturated carbocycles. The van der Waals surface area contributed by atoms with Gasteiger partial charge in [0.05, 0.1) is 12.7 Å². The fourth-order valence-electron chi connectivity index (χ4n) is 3.16. The molecule has 5 atom stereocenters. The first kappa shape index (κ1) is 20.5. The molecule has 2 fully saturated rings. The molecule has 0 aromatic heterocycles. The van der Waals surface area contributed by atoms with Crippen molar-refractivity contribution in [2.24, 2.45) is 4.99 Å². The Hall–Kier alpha value is -0.820. The summed E-state index contributed by atoms with van der Waals surface area (Å²) in [6.07, 6.45) is -1.19. The monoisotopic (exact) mass is 382 g/mol. The van der Waals surface area contributed by atoms with E-state index in [0.29, 0.717) is 0 Å². The summed E-state index contributed by atoms with van der Waals surface area (Å²) in [4.78, 5) is 3.74. The van der Waals surface area contributed by atoms with Crippen LogP contribution in [0.25, 0.3) is 0 Å². The number of rotatable bonds is 6. The quantitative estimate of drug-likeness (QED) is 0.290. The molecule has 3 N–H and O–H groups in total. The second-order valence-corrected chi connectivity index (χ2v) is 7.29. The van der Waals surface area contributed by atoms with E-state index in [4.69, 9.17) is 14.0 Å². The average Bonchev–Trinajstić information content (AvgIpc) is 2.53. The molecule has 1 aliphatic heterocycles. The van der Waals surface area contributed by atoms with Gasteiger partial charge in [-0.15, -0.1) is 0 Å². The molecular weight excluding hydrogens is 358 g/mol. The highest BCUT2D eigenvalue weighted by molar-refractivity contribution is 7.80. The van der Waals surface area contributed by atoms with Gasteiger partial charge in [0, 0.05) is 0 Å². The smallest absolute Gasteiger partial charge is 0.397 e. The van der Waals surface area contributed by atoms with Crippen LogP contribution in [-0.2, 0) is 24.1 Å². The van der Waals surface area contributed by atoms with Gasteiger partial charge in [-0.25, -0.2) is 4.18 Å². The highest BCUT2D eigenvalue weighted by atomic mass is 32.3. The summed E-state index contributed by atoms with van der Waals surface area (Å²) in [7, 11) is -4.91. The number of ether oxygens (including phenoxy) is 2. The summed E-state index contributed by atoms with van der Waals surface area (Å²) < 4.78 is 46.6. The highest BCUT2D eigenvalue weighted by Crippen LogP contribution is 2.30. The minimum atomic E-state index is -4.91. The van der Waals surface area contributed by atoms with Gasteiger partial charge in [-0.05, 0) is 25.7 Å². The number of aliphatic hydroxyl groups excluding tert-OH is 2. The Morgan fingerprint density at radius 2 is 1.96 bits per heavy atom. The largest absolute Gasteiger partial charge is 0.862 e. The van der Waals surface area contributed by atoms with Gasteiger partial charge >= 0.3 is 10.4 Å². The van der Waals surface area contributed by atoms with Crippen LogP contribution >= 0.6 is 0 Å². The molecule has 146 valence electrons. The molecule has 0 radical (unpaired) electrons. The van der Waals surface area contributed by atoms with Crippen LogP contribution in [0.1, 0.15) is 39.0 Å². The lowest BCUT2D eigenvalue weighted by molar-refractivity contribution is -0.277. The maximum Gasteiger partial charge on any atom is 0.397 e. The van der Waals surface area contributed by atoms with E-state index >= 15 is 0 Å². The third kappa shape index (κ3) is 5.84. The predicted molar refractivity (Wildman–Crippen MR) is 83.0 cm³/mol. The van der Waals surface area contributed by atoms with Gasteiger partial charge in [0.15, 0.2) is 6.29 Å². The van der Waals surface area contributed by atoms with E-state index in [1.54, 1.807) is 0 Å². The summed E-state index contributed by atoms with van der Waals surface area (Å²) in [5, 5.41) is 31.2. The summed E-state index contributed by atoms with van der Waals surface area (Å²) in [6, 6.07) is -1.24. The van der Waals surface area contributed by atoms with Crippen molar-refractivity contribution in [3.63, 3.8) is 0 Å². The Kier molecular flexibility index (Phi) is 7.14. The van der Waals surface area contributed by atoms with Gasteiger partial charge < -0.3 is 24.8 Å². The molecule has 2 rings (SSSR count). The van der Waals surface area contributed by atoms with E-state index in [2.05, 4.69) is 9.18 Å². The normalized spacial score (nSPS) is 35.7. The van der Waals surface area contributed by atoms with Crippen LogP contribution in [0.4, 0.5) is 0 Å². The van der Waals surface area contributed by atoms with Crippen molar-refractivity contribution in [1.82, 2.24) is 0 Å². The van der Waals surface area contributed by atoms with E-state index in [0.717, 1.165) is 32.1 Å². The molecule has 2 aliphatic rings. The number of aliphatic imine (C=N–C) groups is 1.